The van der Waals surface area contributed by atoms with Crippen molar-refractivity contribution in [3.63, 3.8) is 0 Å². The van der Waals surface area contributed by atoms with E-state index in [0.717, 1.165) is 13.0 Å². The monoisotopic (exact) mass is 269 g/mol. The van der Waals surface area contributed by atoms with E-state index >= 15 is 0 Å². The Hall–Kier alpha value is -0.870. The van der Waals surface area contributed by atoms with Crippen LogP contribution in [0.25, 0.3) is 0 Å². The maximum absolute atomic E-state index is 10.7. The molecule has 0 aromatic carbocycles. The van der Waals surface area contributed by atoms with E-state index in [1.165, 1.54) is 9.75 Å². The average Bonchev–Trinajstić information content (AvgIpc) is 2.70. The number of aryl methyl sites for hydroxylation is 1. The van der Waals surface area contributed by atoms with Crippen molar-refractivity contribution >= 4 is 17.3 Å². The number of hydrogen-bond acceptors (Lipinski definition) is 3. The molecule has 0 unspecified atom stereocenters. The molecule has 102 valence electrons. The van der Waals surface area contributed by atoms with E-state index in [1.54, 1.807) is 0 Å². The summed E-state index contributed by atoms with van der Waals surface area (Å²) in [6.07, 6.45) is 1.26. The van der Waals surface area contributed by atoms with Gasteiger partial charge >= 0.3 is 5.97 Å². The smallest absolute Gasteiger partial charge is 0.304 e. The minimum absolute atomic E-state index is 0.00812. The first kappa shape index (κ1) is 15.2. The van der Waals surface area contributed by atoms with Crippen molar-refractivity contribution in [1.29, 1.82) is 0 Å². The second-order valence-electron chi connectivity index (χ2n) is 5.46. The first-order valence-corrected chi connectivity index (χ1v) is 7.19. The van der Waals surface area contributed by atoms with Crippen molar-refractivity contribution in [2.24, 2.45) is 0 Å². The fourth-order valence-electron chi connectivity index (χ4n) is 1.77. The average molecular weight is 269 g/mol. The molecule has 18 heavy (non-hydrogen) atoms. The summed E-state index contributed by atoms with van der Waals surface area (Å²) in [7, 11) is 0. The number of aliphatic carboxylic acids is 1. The van der Waals surface area contributed by atoms with Crippen LogP contribution in [0.4, 0.5) is 0 Å². The number of carbonyl (C=O) groups is 1. The zero-order chi connectivity index (χ0) is 13.8. The van der Waals surface area contributed by atoms with Crippen LogP contribution in [0.3, 0.4) is 0 Å². The molecule has 4 heteroatoms. The zero-order valence-electron chi connectivity index (χ0n) is 11.7. The Balaban J connectivity index is 2.68. The van der Waals surface area contributed by atoms with Gasteiger partial charge in [-0.1, -0.05) is 6.92 Å². The topological polar surface area (TPSA) is 40.5 Å². The van der Waals surface area contributed by atoms with Crippen LogP contribution in [0.15, 0.2) is 12.1 Å². The number of carboxylic acid groups (broad SMARTS) is 1. The maximum Gasteiger partial charge on any atom is 0.304 e. The molecule has 0 spiro atoms. The Morgan fingerprint density at radius 3 is 2.39 bits per heavy atom. The fourth-order valence-corrected chi connectivity index (χ4v) is 2.74. The Kier molecular flexibility index (Phi) is 5.35. The molecule has 0 radical (unpaired) electrons. The van der Waals surface area contributed by atoms with Crippen LogP contribution >= 0.6 is 11.3 Å². The molecule has 0 aliphatic rings. The Labute approximate surface area is 113 Å². The summed E-state index contributed by atoms with van der Waals surface area (Å²) >= 11 is 1.82. The Morgan fingerprint density at radius 2 is 1.94 bits per heavy atom. The lowest BCUT2D eigenvalue weighted by molar-refractivity contribution is -0.137. The first-order chi connectivity index (χ1) is 8.32. The SMILES string of the molecule is CCc1ccc(CN(CCC(=O)O)C(C)(C)C)s1. The van der Waals surface area contributed by atoms with Crippen molar-refractivity contribution in [2.45, 2.75) is 52.6 Å². The van der Waals surface area contributed by atoms with Crippen LogP contribution < -0.4 is 0 Å². The quantitative estimate of drug-likeness (QED) is 0.860. The van der Waals surface area contributed by atoms with Crippen molar-refractivity contribution in [1.82, 2.24) is 4.90 Å². The third-order valence-corrected chi connectivity index (χ3v) is 4.17. The van der Waals surface area contributed by atoms with Gasteiger partial charge in [0, 0.05) is 28.4 Å². The van der Waals surface area contributed by atoms with Gasteiger partial charge in [0.15, 0.2) is 0 Å². The highest BCUT2D eigenvalue weighted by molar-refractivity contribution is 7.11. The summed E-state index contributed by atoms with van der Waals surface area (Å²) in [5.74, 6) is -0.732. The predicted molar refractivity (Wildman–Crippen MR) is 76.1 cm³/mol. The second-order valence-corrected chi connectivity index (χ2v) is 6.71. The van der Waals surface area contributed by atoms with E-state index in [0.29, 0.717) is 6.54 Å². The molecule has 1 heterocycles. The Bertz CT molecular complexity index is 393. The number of carboxylic acids is 1. The molecule has 0 saturated heterocycles. The number of hydrogen-bond donors (Lipinski definition) is 1. The van der Waals surface area contributed by atoms with Gasteiger partial charge in [0.2, 0.25) is 0 Å². The largest absolute Gasteiger partial charge is 0.481 e. The minimum Gasteiger partial charge on any atom is -0.481 e. The summed E-state index contributed by atoms with van der Waals surface area (Å²) in [6, 6.07) is 4.32. The molecule has 0 aliphatic heterocycles. The number of nitrogens with zero attached hydrogens (tertiary/aromatic N) is 1. The summed E-state index contributed by atoms with van der Waals surface area (Å²) in [5.41, 5.74) is -0.00812. The molecule has 0 amide bonds. The lowest BCUT2D eigenvalue weighted by atomic mass is 10.1. The second kappa shape index (κ2) is 6.34. The molecule has 0 atom stereocenters. The van der Waals surface area contributed by atoms with E-state index in [4.69, 9.17) is 5.11 Å². The van der Waals surface area contributed by atoms with Crippen molar-refractivity contribution < 1.29 is 9.90 Å². The first-order valence-electron chi connectivity index (χ1n) is 6.37. The standard InChI is InChI=1S/C14H23NO2S/c1-5-11-6-7-12(18-11)10-15(14(2,3)4)9-8-13(16)17/h6-7H,5,8-10H2,1-4H3,(H,16,17). The highest BCUT2D eigenvalue weighted by Gasteiger charge is 2.22. The molecule has 1 aromatic rings. The van der Waals surface area contributed by atoms with Crippen molar-refractivity contribution in [3.8, 4) is 0 Å². The van der Waals surface area contributed by atoms with Crippen molar-refractivity contribution in [2.75, 3.05) is 6.54 Å². The maximum atomic E-state index is 10.7. The van der Waals surface area contributed by atoms with E-state index in [2.05, 4.69) is 44.7 Å². The van der Waals surface area contributed by atoms with Crippen LogP contribution in [0.2, 0.25) is 0 Å². The molecule has 3 nitrogen and oxygen atoms in total. The normalized spacial score (nSPS) is 12.1. The Morgan fingerprint density at radius 1 is 1.33 bits per heavy atom. The van der Waals surface area contributed by atoms with Crippen LogP contribution in [-0.2, 0) is 17.8 Å². The summed E-state index contributed by atoms with van der Waals surface area (Å²) in [6.45, 7) is 9.97. The summed E-state index contributed by atoms with van der Waals surface area (Å²) in [5, 5.41) is 8.81. The lowest BCUT2D eigenvalue weighted by Gasteiger charge is -2.35. The summed E-state index contributed by atoms with van der Waals surface area (Å²) < 4.78 is 0. The molecule has 0 saturated carbocycles. The molecule has 1 aromatic heterocycles. The van der Waals surface area contributed by atoms with Crippen molar-refractivity contribution in [3.05, 3.63) is 21.9 Å². The van der Waals surface area contributed by atoms with Gasteiger partial charge in [0.25, 0.3) is 0 Å². The number of thiophene rings is 1. The van der Waals surface area contributed by atoms with Crippen LogP contribution in [0.5, 0.6) is 0 Å². The van der Waals surface area contributed by atoms with Gasteiger partial charge in [-0.05, 0) is 39.3 Å². The van der Waals surface area contributed by atoms with E-state index in [1.807, 2.05) is 11.3 Å². The summed E-state index contributed by atoms with van der Waals surface area (Å²) in [4.78, 5) is 15.6. The predicted octanol–water partition coefficient (Wildman–Crippen LogP) is 3.39. The van der Waals surface area contributed by atoms with Gasteiger partial charge in [-0.2, -0.15) is 0 Å². The van der Waals surface area contributed by atoms with E-state index in [-0.39, 0.29) is 12.0 Å². The molecular weight excluding hydrogens is 246 g/mol. The van der Waals surface area contributed by atoms with Gasteiger partial charge in [0.05, 0.1) is 6.42 Å². The third kappa shape index (κ3) is 4.78. The van der Waals surface area contributed by atoms with Gasteiger partial charge in [0.1, 0.15) is 0 Å². The van der Waals surface area contributed by atoms with E-state index in [9.17, 15) is 4.79 Å². The lowest BCUT2D eigenvalue weighted by Crippen LogP contribution is -2.41. The van der Waals surface area contributed by atoms with Gasteiger partial charge in [-0.15, -0.1) is 11.3 Å². The molecular formula is C14H23NO2S. The molecule has 0 fully saturated rings. The zero-order valence-corrected chi connectivity index (χ0v) is 12.5. The van der Waals surface area contributed by atoms with Crippen LogP contribution in [-0.4, -0.2) is 28.1 Å². The molecule has 0 aliphatic carbocycles. The molecule has 1 rings (SSSR count). The van der Waals surface area contributed by atoms with Gasteiger partial charge in [-0.3, -0.25) is 9.69 Å². The number of rotatable bonds is 6. The minimum atomic E-state index is -0.732. The fraction of sp³-hybridized carbons (Fsp3) is 0.643. The third-order valence-electron chi connectivity index (χ3n) is 2.96. The van der Waals surface area contributed by atoms with Crippen LogP contribution in [0.1, 0.15) is 43.9 Å². The highest BCUT2D eigenvalue weighted by Crippen LogP contribution is 2.23. The molecule has 1 N–H and O–H groups in total. The van der Waals surface area contributed by atoms with Gasteiger partial charge < -0.3 is 5.11 Å². The highest BCUT2D eigenvalue weighted by atomic mass is 32.1. The molecule has 0 bridgehead atoms. The van der Waals surface area contributed by atoms with Gasteiger partial charge in [-0.25, -0.2) is 0 Å². The van der Waals surface area contributed by atoms with E-state index < -0.39 is 5.97 Å². The van der Waals surface area contributed by atoms with Crippen LogP contribution in [0, 0.1) is 0 Å².